The molecule has 4 heteroatoms. The summed E-state index contributed by atoms with van der Waals surface area (Å²) in [5.41, 5.74) is 0.556. The molecule has 4 nitrogen and oxygen atoms in total. The highest BCUT2D eigenvalue weighted by Crippen LogP contribution is 2.29. The molecular formula is C14H23NO3. The van der Waals surface area contributed by atoms with Crippen molar-refractivity contribution in [1.82, 2.24) is 5.32 Å². The van der Waals surface area contributed by atoms with Crippen molar-refractivity contribution in [2.75, 3.05) is 13.2 Å². The molecule has 0 radical (unpaired) electrons. The van der Waals surface area contributed by atoms with Gasteiger partial charge in [-0.3, -0.25) is 0 Å². The van der Waals surface area contributed by atoms with E-state index in [1.807, 2.05) is 0 Å². The van der Waals surface area contributed by atoms with E-state index < -0.39 is 0 Å². The Balaban J connectivity index is 2.58. The molecule has 0 saturated heterocycles. The fourth-order valence-corrected chi connectivity index (χ4v) is 1.96. The van der Waals surface area contributed by atoms with E-state index >= 15 is 0 Å². The average molecular weight is 253 g/mol. The number of aromatic hydroxyl groups is 2. The first-order valence-electron chi connectivity index (χ1n) is 6.40. The van der Waals surface area contributed by atoms with E-state index in [-0.39, 0.29) is 23.5 Å². The molecule has 0 spiro atoms. The summed E-state index contributed by atoms with van der Waals surface area (Å²) in [6, 6.07) is 4.92. The van der Waals surface area contributed by atoms with Crippen molar-refractivity contribution in [2.24, 2.45) is 5.41 Å². The van der Waals surface area contributed by atoms with E-state index in [1.54, 1.807) is 12.1 Å². The normalized spacial score (nSPS) is 11.7. The third kappa shape index (κ3) is 3.37. The number of para-hydroxylation sites is 1. The Morgan fingerprint density at radius 2 is 1.83 bits per heavy atom. The molecule has 1 rings (SSSR count). The highest BCUT2D eigenvalue weighted by atomic mass is 16.3. The van der Waals surface area contributed by atoms with Crippen LogP contribution in [0.3, 0.4) is 0 Å². The van der Waals surface area contributed by atoms with Gasteiger partial charge in [0.05, 0.1) is 0 Å². The quantitative estimate of drug-likeness (QED) is 0.561. The molecule has 4 N–H and O–H groups in total. The molecule has 0 unspecified atom stereocenters. The van der Waals surface area contributed by atoms with Gasteiger partial charge >= 0.3 is 0 Å². The Morgan fingerprint density at radius 1 is 1.17 bits per heavy atom. The molecular weight excluding hydrogens is 230 g/mol. The summed E-state index contributed by atoms with van der Waals surface area (Å²) >= 11 is 0. The standard InChI is InChI=1S/C14H23NO3/c1-3-14(4-2,10-16)9-15-8-11-6-5-7-12(17)13(11)18/h5-7,15-18H,3-4,8-10H2,1-2H3. The highest BCUT2D eigenvalue weighted by Gasteiger charge is 2.24. The van der Waals surface area contributed by atoms with Crippen molar-refractivity contribution in [3.8, 4) is 11.5 Å². The molecule has 1 aromatic carbocycles. The number of benzene rings is 1. The molecule has 0 aromatic heterocycles. The van der Waals surface area contributed by atoms with E-state index in [4.69, 9.17) is 0 Å². The van der Waals surface area contributed by atoms with Crippen molar-refractivity contribution in [3.05, 3.63) is 23.8 Å². The molecule has 0 fully saturated rings. The molecule has 102 valence electrons. The zero-order valence-electron chi connectivity index (χ0n) is 11.1. The van der Waals surface area contributed by atoms with Gasteiger partial charge in [0.2, 0.25) is 0 Å². The Bertz CT molecular complexity index is 367. The molecule has 0 aliphatic rings. The number of aliphatic hydroxyl groups excluding tert-OH is 1. The van der Waals surface area contributed by atoms with Gasteiger partial charge in [-0.2, -0.15) is 0 Å². The van der Waals surface area contributed by atoms with Crippen LogP contribution in [0.15, 0.2) is 18.2 Å². The lowest BCUT2D eigenvalue weighted by Gasteiger charge is -2.29. The number of phenols is 2. The van der Waals surface area contributed by atoms with E-state index in [0.717, 1.165) is 12.8 Å². The first kappa shape index (κ1) is 14.8. The number of phenolic OH excluding ortho intramolecular Hbond substituents is 2. The van der Waals surface area contributed by atoms with Crippen LogP contribution in [0, 0.1) is 5.41 Å². The smallest absolute Gasteiger partial charge is 0.161 e. The number of aliphatic hydroxyl groups is 1. The van der Waals surface area contributed by atoms with Crippen LogP contribution in [0.4, 0.5) is 0 Å². The molecule has 0 amide bonds. The van der Waals surface area contributed by atoms with E-state index in [2.05, 4.69) is 19.2 Å². The Kier molecular flexibility index (Phi) is 5.44. The van der Waals surface area contributed by atoms with Gasteiger partial charge in [0.1, 0.15) is 0 Å². The SMILES string of the molecule is CCC(CC)(CO)CNCc1cccc(O)c1O. The Morgan fingerprint density at radius 3 is 2.39 bits per heavy atom. The largest absolute Gasteiger partial charge is 0.504 e. The molecule has 1 aromatic rings. The molecule has 0 saturated carbocycles. The molecule has 0 bridgehead atoms. The van der Waals surface area contributed by atoms with Crippen LogP contribution >= 0.6 is 0 Å². The van der Waals surface area contributed by atoms with E-state index in [9.17, 15) is 15.3 Å². The van der Waals surface area contributed by atoms with Gasteiger partial charge in [0.15, 0.2) is 11.5 Å². The number of nitrogens with one attached hydrogen (secondary N) is 1. The van der Waals surface area contributed by atoms with Gasteiger partial charge in [0, 0.05) is 30.7 Å². The minimum absolute atomic E-state index is 0.0763. The fourth-order valence-electron chi connectivity index (χ4n) is 1.96. The van der Waals surface area contributed by atoms with Gasteiger partial charge in [-0.1, -0.05) is 26.0 Å². The molecule has 0 aliphatic heterocycles. The highest BCUT2D eigenvalue weighted by molar-refractivity contribution is 5.44. The molecule has 0 atom stereocenters. The summed E-state index contributed by atoms with van der Waals surface area (Å²) in [5.74, 6) is -0.179. The summed E-state index contributed by atoms with van der Waals surface area (Å²) in [7, 11) is 0. The van der Waals surface area contributed by atoms with Gasteiger partial charge < -0.3 is 20.6 Å². The maximum atomic E-state index is 9.66. The van der Waals surface area contributed by atoms with E-state index in [1.165, 1.54) is 6.07 Å². The zero-order valence-corrected chi connectivity index (χ0v) is 11.1. The first-order valence-corrected chi connectivity index (χ1v) is 6.40. The summed E-state index contributed by atoms with van der Waals surface area (Å²) in [6.07, 6.45) is 1.80. The van der Waals surface area contributed by atoms with E-state index in [0.29, 0.717) is 18.7 Å². The van der Waals surface area contributed by atoms with Gasteiger partial charge in [-0.25, -0.2) is 0 Å². The van der Waals surface area contributed by atoms with Crippen molar-refractivity contribution >= 4 is 0 Å². The zero-order chi connectivity index (χ0) is 13.6. The molecule has 18 heavy (non-hydrogen) atoms. The average Bonchev–Trinajstić information content (AvgIpc) is 2.40. The summed E-state index contributed by atoms with van der Waals surface area (Å²) in [6.45, 7) is 5.44. The van der Waals surface area contributed by atoms with Gasteiger partial charge in [-0.05, 0) is 18.9 Å². The fraction of sp³-hybridized carbons (Fsp3) is 0.571. The van der Waals surface area contributed by atoms with Crippen LogP contribution in [0.2, 0.25) is 0 Å². The second-order valence-corrected chi connectivity index (χ2v) is 4.75. The summed E-state index contributed by atoms with van der Waals surface area (Å²) in [4.78, 5) is 0. The van der Waals surface area contributed by atoms with Crippen LogP contribution in [0.25, 0.3) is 0 Å². The van der Waals surface area contributed by atoms with Gasteiger partial charge in [0.25, 0.3) is 0 Å². The number of hydrogen-bond donors (Lipinski definition) is 4. The van der Waals surface area contributed by atoms with Crippen molar-refractivity contribution in [1.29, 1.82) is 0 Å². The van der Waals surface area contributed by atoms with Crippen molar-refractivity contribution in [2.45, 2.75) is 33.2 Å². The first-order chi connectivity index (χ1) is 8.58. The maximum Gasteiger partial charge on any atom is 0.161 e. The summed E-state index contributed by atoms with van der Waals surface area (Å²) in [5, 5.41) is 31.7. The van der Waals surface area contributed by atoms with Crippen LogP contribution in [-0.4, -0.2) is 28.5 Å². The third-order valence-electron chi connectivity index (χ3n) is 3.75. The predicted molar refractivity (Wildman–Crippen MR) is 71.6 cm³/mol. The lowest BCUT2D eigenvalue weighted by atomic mass is 9.83. The topological polar surface area (TPSA) is 72.7 Å². The van der Waals surface area contributed by atoms with Crippen molar-refractivity contribution < 1.29 is 15.3 Å². The monoisotopic (exact) mass is 253 g/mol. The Hall–Kier alpha value is -1.26. The Labute approximate surface area is 108 Å². The minimum atomic E-state index is -0.105. The van der Waals surface area contributed by atoms with Crippen LogP contribution < -0.4 is 5.32 Å². The lowest BCUT2D eigenvalue weighted by molar-refractivity contribution is 0.113. The van der Waals surface area contributed by atoms with Crippen molar-refractivity contribution in [3.63, 3.8) is 0 Å². The number of rotatable bonds is 7. The van der Waals surface area contributed by atoms with Crippen LogP contribution in [-0.2, 0) is 6.54 Å². The molecule has 0 aliphatic carbocycles. The summed E-state index contributed by atoms with van der Waals surface area (Å²) < 4.78 is 0. The van der Waals surface area contributed by atoms with Gasteiger partial charge in [-0.15, -0.1) is 0 Å². The minimum Gasteiger partial charge on any atom is -0.504 e. The van der Waals surface area contributed by atoms with Crippen LogP contribution in [0.5, 0.6) is 11.5 Å². The van der Waals surface area contributed by atoms with Crippen LogP contribution in [0.1, 0.15) is 32.3 Å². The third-order valence-corrected chi connectivity index (χ3v) is 3.75. The predicted octanol–water partition coefficient (Wildman–Crippen LogP) is 1.99. The second kappa shape index (κ2) is 6.61. The maximum absolute atomic E-state index is 9.66. The second-order valence-electron chi connectivity index (χ2n) is 4.75. The lowest BCUT2D eigenvalue weighted by Crippen LogP contribution is -2.36. The number of hydrogen-bond acceptors (Lipinski definition) is 4. The molecule has 0 heterocycles.